The van der Waals surface area contributed by atoms with Gasteiger partial charge in [0, 0.05) is 5.69 Å². The maximum absolute atomic E-state index is 5.71. The molecule has 0 amide bonds. The minimum absolute atomic E-state index is 0.122. The van der Waals surface area contributed by atoms with E-state index in [2.05, 4.69) is 17.1 Å². The molecule has 1 atom stereocenters. The number of ether oxygens (including phenoxy) is 2. The van der Waals surface area contributed by atoms with Gasteiger partial charge in [-0.2, -0.15) is 0 Å². The number of unbranched alkanes of at least 4 members (excludes halogenated alkanes) is 1. The predicted octanol–water partition coefficient (Wildman–Crippen LogP) is 4.42. The normalized spacial score (nSPS) is 16.4. The Morgan fingerprint density at radius 3 is 2.62 bits per heavy atom. The molecule has 1 aromatic carbocycles. The van der Waals surface area contributed by atoms with Gasteiger partial charge >= 0.3 is 0 Å². The largest absolute Gasteiger partial charge is 0.494 e. The van der Waals surface area contributed by atoms with Crippen LogP contribution in [0.3, 0.4) is 0 Å². The fourth-order valence-electron chi connectivity index (χ4n) is 2.36. The van der Waals surface area contributed by atoms with E-state index >= 15 is 0 Å². The van der Waals surface area contributed by atoms with E-state index in [4.69, 9.17) is 14.3 Å². The summed E-state index contributed by atoms with van der Waals surface area (Å²) in [5.74, 6) is 2.12. The second-order valence-corrected chi connectivity index (χ2v) is 5.79. The molecule has 2 heterocycles. The van der Waals surface area contributed by atoms with Crippen molar-refractivity contribution in [2.24, 2.45) is 5.16 Å². The van der Waals surface area contributed by atoms with Gasteiger partial charge in [0.1, 0.15) is 11.5 Å². The third kappa shape index (κ3) is 4.25. The second kappa shape index (κ2) is 7.81. The van der Waals surface area contributed by atoms with E-state index < -0.39 is 0 Å². The molecule has 1 aliphatic heterocycles. The lowest BCUT2D eigenvalue weighted by molar-refractivity contribution is 0.0855. The first-order chi connectivity index (χ1) is 11.7. The molecular formula is C19H22N2O3. The molecule has 0 spiro atoms. The zero-order valence-corrected chi connectivity index (χ0v) is 14.1. The van der Waals surface area contributed by atoms with Crippen molar-refractivity contribution in [2.45, 2.75) is 39.2 Å². The molecule has 0 saturated carbocycles. The van der Waals surface area contributed by atoms with Crippen molar-refractivity contribution in [3.8, 4) is 11.5 Å². The highest BCUT2D eigenvalue weighted by molar-refractivity contribution is 5.79. The molecule has 0 N–H and O–H groups in total. The average Bonchev–Trinajstić information content (AvgIpc) is 3.06. The van der Waals surface area contributed by atoms with Crippen molar-refractivity contribution in [1.82, 2.24) is 4.98 Å². The van der Waals surface area contributed by atoms with E-state index in [1.54, 1.807) is 6.20 Å². The minimum atomic E-state index is -0.122. The number of oxime groups is 1. The van der Waals surface area contributed by atoms with E-state index in [1.807, 2.05) is 43.3 Å². The van der Waals surface area contributed by atoms with Crippen molar-refractivity contribution in [3.63, 3.8) is 0 Å². The maximum atomic E-state index is 5.71. The second-order valence-electron chi connectivity index (χ2n) is 5.79. The average molecular weight is 326 g/mol. The molecular weight excluding hydrogens is 304 g/mol. The van der Waals surface area contributed by atoms with Crippen LogP contribution < -0.4 is 9.47 Å². The topological polar surface area (TPSA) is 52.9 Å². The van der Waals surface area contributed by atoms with Gasteiger partial charge in [0.15, 0.2) is 6.10 Å². The van der Waals surface area contributed by atoms with Crippen molar-refractivity contribution in [3.05, 3.63) is 53.9 Å². The monoisotopic (exact) mass is 326 g/mol. The zero-order valence-electron chi connectivity index (χ0n) is 14.1. The lowest BCUT2D eigenvalue weighted by atomic mass is 10.1. The van der Waals surface area contributed by atoms with Gasteiger partial charge in [-0.3, -0.25) is 4.98 Å². The SMILES string of the molecule is CCCCOc1ccc([C@@H]2CC(Oc3ccc(C)nc3)=NO2)cc1. The highest BCUT2D eigenvalue weighted by Gasteiger charge is 2.24. The van der Waals surface area contributed by atoms with E-state index in [0.29, 0.717) is 18.1 Å². The first-order valence-corrected chi connectivity index (χ1v) is 8.30. The van der Waals surface area contributed by atoms with Crippen LogP contribution in [0.15, 0.2) is 47.8 Å². The summed E-state index contributed by atoms with van der Waals surface area (Å²) in [5, 5.41) is 4.03. The van der Waals surface area contributed by atoms with Crippen LogP contribution in [0.1, 0.15) is 43.5 Å². The van der Waals surface area contributed by atoms with Crippen LogP contribution in [0.25, 0.3) is 0 Å². The quantitative estimate of drug-likeness (QED) is 0.737. The molecule has 1 aliphatic rings. The Morgan fingerprint density at radius 2 is 1.92 bits per heavy atom. The molecule has 0 saturated heterocycles. The smallest absolute Gasteiger partial charge is 0.235 e. The Morgan fingerprint density at radius 1 is 1.12 bits per heavy atom. The third-order valence-electron chi connectivity index (χ3n) is 3.78. The van der Waals surface area contributed by atoms with Crippen LogP contribution in [0.2, 0.25) is 0 Å². The molecule has 2 aromatic rings. The van der Waals surface area contributed by atoms with Gasteiger partial charge in [0.2, 0.25) is 5.90 Å². The Kier molecular flexibility index (Phi) is 5.31. The molecule has 5 heteroatoms. The van der Waals surface area contributed by atoms with Gasteiger partial charge in [0.25, 0.3) is 0 Å². The van der Waals surface area contributed by atoms with Gasteiger partial charge in [0.05, 0.1) is 19.2 Å². The lowest BCUT2D eigenvalue weighted by Crippen LogP contribution is -2.07. The Bertz CT molecular complexity index is 681. The zero-order chi connectivity index (χ0) is 16.8. The molecule has 5 nitrogen and oxygen atoms in total. The highest BCUT2D eigenvalue weighted by Crippen LogP contribution is 2.29. The third-order valence-corrected chi connectivity index (χ3v) is 3.78. The molecule has 0 unspecified atom stereocenters. The number of pyridine rings is 1. The first-order valence-electron chi connectivity index (χ1n) is 8.30. The van der Waals surface area contributed by atoms with Crippen LogP contribution in [-0.2, 0) is 4.84 Å². The van der Waals surface area contributed by atoms with E-state index in [-0.39, 0.29) is 6.10 Å². The van der Waals surface area contributed by atoms with Gasteiger partial charge in [-0.15, -0.1) is 0 Å². The molecule has 3 rings (SSSR count). The highest BCUT2D eigenvalue weighted by atomic mass is 16.7. The number of aryl methyl sites for hydroxylation is 1. The van der Waals surface area contributed by atoms with Crippen LogP contribution in [0.4, 0.5) is 0 Å². The molecule has 126 valence electrons. The summed E-state index contributed by atoms with van der Waals surface area (Å²) in [4.78, 5) is 9.69. The van der Waals surface area contributed by atoms with Crippen molar-refractivity contribution in [1.29, 1.82) is 0 Å². The fraction of sp³-hybridized carbons (Fsp3) is 0.368. The van der Waals surface area contributed by atoms with Gasteiger partial charge in [-0.1, -0.05) is 30.6 Å². The van der Waals surface area contributed by atoms with Crippen LogP contribution in [-0.4, -0.2) is 17.5 Å². The van der Waals surface area contributed by atoms with Gasteiger partial charge in [-0.25, -0.2) is 0 Å². The standard InChI is InChI=1S/C19H22N2O3/c1-3-4-11-22-16-9-6-15(7-10-16)18-12-19(21-24-18)23-17-8-5-14(2)20-13-17/h5-10,13,18H,3-4,11-12H2,1-2H3/t18-/m0/s1. The summed E-state index contributed by atoms with van der Waals surface area (Å²) in [6.07, 6.45) is 4.36. The van der Waals surface area contributed by atoms with Crippen molar-refractivity contribution >= 4 is 5.90 Å². The van der Waals surface area contributed by atoms with Gasteiger partial charge < -0.3 is 14.3 Å². The van der Waals surface area contributed by atoms with Crippen molar-refractivity contribution in [2.75, 3.05) is 6.61 Å². The van der Waals surface area contributed by atoms with Crippen molar-refractivity contribution < 1.29 is 14.3 Å². The molecule has 0 fully saturated rings. The fourth-order valence-corrected chi connectivity index (χ4v) is 2.36. The Hall–Kier alpha value is -2.56. The lowest BCUT2D eigenvalue weighted by Gasteiger charge is -2.10. The van der Waals surface area contributed by atoms with E-state index in [0.717, 1.165) is 36.5 Å². The number of rotatable bonds is 6. The number of benzene rings is 1. The van der Waals surface area contributed by atoms with Crippen LogP contribution in [0.5, 0.6) is 11.5 Å². The van der Waals surface area contributed by atoms with Crippen LogP contribution >= 0.6 is 0 Å². The minimum Gasteiger partial charge on any atom is -0.494 e. The maximum Gasteiger partial charge on any atom is 0.235 e. The Labute approximate surface area is 142 Å². The summed E-state index contributed by atoms with van der Waals surface area (Å²) < 4.78 is 11.4. The number of hydrogen-bond acceptors (Lipinski definition) is 5. The summed E-state index contributed by atoms with van der Waals surface area (Å²) in [6, 6.07) is 11.7. The van der Waals surface area contributed by atoms with E-state index in [9.17, 15) is 0 Å². The number of hydrogen-bond donors (Lipinski definition) is 0. The summed E-state index contributed by atoms with van der Waals surface area (Å²) in [5.41, 5.74) is 2.01. The number of aromatic nitrogens is 1. The summed E-state index contributed by atoms with van der Waals surface area (Å²) >= 11 is 0. The first kappa shape index (κ1) is 16.3. The molecule has 0 aliphatic carbocycles. The van der Waals surface area contributed by atoms with Crippen LogP contribution in [0, 0.1) is 6.92 Å². The Balaban J connectivity index is 1.53. The van der Waals surface area contributed by atoms with E-state index in [1.165, 1.54) is 0 Å². The summed E-state index contributed by atoms with van der Waals surface area (Å²) in [7, 11) is 0. The summed E-state index contributed by atoms with van der Waals surface area (Å²) in [6.45, 7) is 4.84. The predicted molar refractivity (Wildman–Crippen MR) is 92.3 cm³/mol. The molecule has 0 radical (unpaired) electrons. The number of nitrogens with zero attached hydrogens (tertiary/aromatic N) is 2. The molecule has 0 bridgehead atoms. The molecule has 24 heavy (non-hydrogen) atoms. The van der Waals surface area contributed by atoms with Gasteiger partial charge in [-0.05, 0) is 43.2 Å². The molecule has 1 aromatic heterocycles.